The van der Waals surface area contributed by atoms with Gasteiger partial charge in [-0.25, -0.2) is 0 Å². The second kappa shape index (κ2) is 10.4. The fraction of sp³-hybridized carbons (Fsp3) is 0.545. The van der Waals surface area contributed by atoms with Crippen LogP contribution in [-0.2, 0) is 14.3 Å². The van der Waals surface area contributed by atoms with Crippen molar-refractivity contribution in [3.8, 4) is 0 Å². The van der Waals surface area contributed by atoms with Crippen LogP contribution in [0, 0.1) is 11.8 Å². The molecule has 3 N–H and O–H groups in total. The number of carbonyl (C=O) groups excluding carboxylic acids is 1. The minimum Gasteiger partial charge on any atom is -0.481 e. The first-order valence-electron chi connectivity index (χ1n) is 10.2. The largest absolute Gasteiger partial charge is 0.481 e. The quantitative estimate of drug-likeness (QED) is 0.401. The van der Waals surface area contributed by atoms with Gasteiger partial charge in [-0.15, -0.1) is 0 Å². The number of para-hydroxylation sites is 1. The third-order valence-corrected chi connectivity index (χ3v) is 5.65. The Morgan fingerprint density at radius 1 is 1.11 bits per heavy atom. The van der Waals surface area contributed by atoms with E-state index in [1.165, 1.54) is 0 Å². The molecular formula is C22H30N2O4. The zero-order valence-corrected chi connectivity index (χ0v) is 16.2. The fourth-order valence-corrected chi connectivity index (χ4v) is 4.30. The van der Waals surface area contributed by atoms with Gasteiger partial charge in [0.15, 0.2) is 0 Å². The Bertz CT molecular complexity index is 676. The molecule has 2 saturated heterocycles. The second-order valence-electron chi connectivity index (χ2n) is 7.66. The normalized spacial score (nSPS) is 26.0. The number of amides is 1. The van der Waals surface area contributed by atoms with Crippen LogP contribution < -0.4 is 10.6 Å². The zero-order chi connectivity index (χ0) is 19.8. The molecule has 4 atom stereocenters. The van der Waals surface area contributed by atoms with Crippen LogP contribution in [0.25, 0.3) is 0 Å². The highest BCUT2D eigenvalue weighted by atomic mass is 16.5. The Labute approximate surface area is 166 Å². The van der Waals surface area contributed by atoms with Crippen LogP contribution in [0.3, 0.4) is 0 Å². The average molecular weight is 386 g/mol. The molecule has 3 rings (SSSR count). The number of anilines is 1. The number of nitrogens with one attached hydrogen (secondary N) is 2. The van der Waals surface area contributed by atoms with Crippen LogP contribution in [-0.4, -0.2) is 42.3 Å². The number of aliphatic carboxylic acids is 1. The minimum atomic E-state index is -0.739. The van der Waals surface area contributed by atoms with Crippen molar-refractivity contribution in [1.82, 2.24) is 5.32 Å². The van der Waals surface area contributed by atoms with Gasteiger partial charge in [0.05, 0.1) is 18.8 Å². The van der Waals surface area contributed by atoms with E-state index in [0.717, 1.165) is 37.9 Å². The predicted molar refractivity (Wildman–Crippen MR) is 108 cm³/mol. The molecule has 0 aromatic heterocycles. The first-order chi connectivity index (χ1) is 13.6. The molecule has 2 aliphatic rings. The van der Waals surface area contributed by atoms with Crippen molar-refractivity contribution in [2.75, 3.05) is 18.4 Å². The minimum absolute atomic E-state index is 0.0369. The summed E-state index contributed by atoms with van der Waals surface area (Å²) in [5.74, 6) is 0.119. The van der Waals surface area contributed by atoms with Crippen molar-refractivity contribution in [3.05, 3.63) is 42.5 Å². The molecule has 2 bridgehead atoms. The van der Waals surface area contributed by atoms with Gasteiger partial charge in [-0.1, -0.05) is 30.4 Å². The summed E-state index contributed by atoms with van der Waals surface area (Å²) in [6.45, 7) is 1.07. The number of benzene rings is 1. The Hall–Kier alpha value is -2.18. The van der Waals surface area contributed by atoms with Crippen molar-refractivity contribution in [3.63, 3.8) is 0 Å². The van der Waals surface area contributed by atoms with Crippen LogP contribution >= 0.6 is 0 Å². The van der Waals surface area contributed by atoms with Crippen LogP contribution in [0.2, 0.25) is 0 Å². The van der Waals surface area contributed by atoms with Crippen molar-refractivity contribution in [1.29, 1.82) is 0 Å². The summed E-state index contributed by atoms with van der Waals surface area (Å²) in [5.41, 5.74) is 0.809. The van der Waals surface area contributed by atoms with Gasteiger partial charge >= 0.3 is 5.97 Å². The van der Waals surface area contributed by atoms with Crippen LogP contribution in [0.5, 0.6) is 0 Å². The molecule has 6 nitrogen and oxygen atoms in total. The van der Waals surface area contributed by atoms with E-state index in [1.54, 1.807) is 0 Å². The Kier molecular flexibility index (Phi) is 7.62. The monoisotopic (exact) mass is 386 g/mol. The molecule has 2 heterocycles. The van der Waals surface area contributed by atoms with Gasteiger partial charge in [-0.05, 0) is 50.2 Å². The Morgan fingerprint density at radius 2 is 1.86 bits per heavy atom. The molecule has 0 saturated carbocycles. The van der Waals surface area contributed by atoms with E-state index in [-0.39, 0.29) is 12.3 Å². The lowest BCUT2D eigenvalue weighted by Crippen LogP contribution is -2.38. The topological polar surface area (TPSA) is 87.7 Å². The van der Waals surface area contributed by atoms with Crippen LogP contribution in [0.1, 0.15) is 38.5 Å². The molecular weight excluding hydrogens is 356 g/mol. The maximum absolute atomic E-state index is 12.1. The van der Waals surface area contributed by atoms with E-state index >= 15 is 0 Å². The van der Waals surface area contributed by atoms with Crippen LogP contribution in [0.4, 0.5) is 5.69 Å². The van der Waals surface area contributed by atoms with Gasteiger partial charge < -0.3 is 20.5 Å². The molecule has 0 aliphatic carbocycles. The smallest absolute Gasteiger partial charge is 0.303 e. The van der Waals surface area contributed by atoms with Gasteiger partial charge in [0, 0.05) is 24.6 Å². The number of rotatable bonds is 11. The average Bonchev–Trinajstić information content (AvgIpc) is 3.27. The summed E-state index contributed by atoms with van der Waals surface area (Å²) in [5, 5.41) is 14.9. The number of hydrogen-bond donors (Lipinski definition) is 3. The van der Waals surface area contributed by atoms with E-state index in [0.29, 0.717) is 37.0 Å². The van der Waals surface area contributed by atoms with E-state index in [4.69, 9.17) is 9.84 Å². The number of unbranched alkanes of at least 4 members (excludes halogenated alkanes) is 1. The van der Waals surface area contributed by atoms with Crippen molar-refractivity contribution in [2.45, 2.75) is 50.7 Å². The van der Waals surface area contributed by atoms with Crippen LogP contribution in [0.15, 0.2) is 42.5 Å². The number of hydrogen-bond acceptors (Lipinski definition) is 4. The van der Waals surface area contributed by atoms with E-state index in [2.05, 4.69) is 22.8 Å². The highest BCUT2D eigenvalue weighted by Gasteiger charge is 2.47. The van der Waals surface area contributed by atoms with Gasteiger partial charge in [0.25, 0.3) is 0 Å². The van der Waals surface area contributed by atoms with E-state index < -0.39 is 5.97 Å². The zero-order valence-electron chi connectivity index (χ0n) is 16.2. The standard InChI is InChI=1S/C22H30N2O4/c25-21(24-16-8-4-3-5-9-16)15-23-14-18-17(19-12-13-20(18)28-19)10-6-1-2-7-11-22(26)27/h1,3-6,8-9,17-20,23H,2,7,10-15H2,(H,24,25)(H,26,27)/t17-,18+,19-,20+/m1/s1. The maximum Gasteiger partial charge on any atom is 0.303 e. The van der Waals surface area contributed by atoms with Gasteiger partial charge in [0.2, 0.25) is 5.91 Å². The van der Waals surface area contributed by atoms with Gasteiger partial charge in [0.1, 0.15) is 0 Å². The first-order valence-corrected chi connectivity index (χ1v) is 10.2. The number of fused-ring (bicyclic) bond motifs is 2. The lowest BCUT2D eigenvalue weighted by molar-refractivity contribution is -0.137. The molecule has 2 fully saturated rings. The molecule has 0 radical (unpaired) electrons. The summed E-state index contributed by atoms with van der Waals surface area (Å²) < 4.78 is 6.11. The molecule has 1 aromatic rings. The number of ether oxygens (including phenoxy) is 1. The maximum atomic E-state index is 12.1. The number of carbonyl (C=O) groups is 2. The van der Waals surface area contributed by atoms with Crippen molar-refractivity contribution < 1.29 is 19.4 Å². The van der Waals surface area contributed by atoms with Crippen molar-refractivity contribution >= 4 is 17.6 Å². The third kappa shape index (κ3) is 5.91. The first kappa shape index (κ1) is 20.6. The van der Waals surface area contributed by atoms with Crippen molar-refractivity contribution in [2.24, 2.45) is 11.8 Å². The molecule has 1 amide bonds. The molecule has 2 aliphatic heterocycles. The molecule has 28 heavy (non-hydrogen) atoms. The van der Waals surface area contributed by atoms with E-state index in [9.17, 15) is 9.59 Å². The molecule has 0 spiro atoms. The van der Waals surface area contributed by atoms with E-state index in [1.807, 2.05) is 30.3 Å². The highest BCUT2D eigenvalue weighted by Crippen LogP contribution is 2.44. The highest BCUT2D eigenvalue weighted by molar-refractivity contribution is 5.92. The Balaban J connectivity index is 1.40. The summed E-state index contributed by atoms with van der Waals surface area (Å²) in [6, 6.07) is 9.47. The van der Waals surface area contributed by atoms with Gasteiger partial charge in [-0.2, -0.15) is 0 Å². The summed E-state index contributed by atoms with van der Waals surface area (Å²) in [6.07, 6.45) is 9.75. The van der Waals surface area contributed by atoms with Gasteiger partial charge in [-0.3, -0.25) is 9.59 Å². The molecule has 6 heteroatoms. The SMILES string of the molecule is O=C(O)CCCC=CC[C@@H]1[C@H](CNCC(=O)Nc2ccccc2)[C@@H]2CC[C@H]1O2. The number of carboxylic acid groups (broad SMARTS) is 1. The predicted octanol–water partition coefficient (Wildman–Crippen LogP) is 3.21. The molecule has 152 valence electrons. The summed E-state index contributed by atoms with van der Waals surface area (Å²) in [4.78, 5) is 22.6. The summed E-state index contributed by atoms with van der Waals surface area (Å²) in [7, 11) is 0. The lowest BCUT2D eigenvalue weighted by Gasteiger charge is -2.27. The molecule has 1 aromatic carbocycles. The third-order valence-electron chi connectivity index (χ3n) is 5.65. The Morgan fingerprint density at radius 3 is 2.61 bits per heavy atom. The lowest BCUT2D eigenvalue weighted by atomic mass is 9.77. The number of carboxylic acids is 1. The number of allylic oxidation sites excluding steroid dienone is 2. The second-order valence-corrected chi connectivity index (χ2v) is 7.66. The molecule has 0 unspecified atom stereocenters. The summed E-state index contributed by atoms with van der Waals surface area (Å²) >= 11 is 0. The fourth-order valence-electron chi connectivity index (χ4n) is 4.30.